The lowest BCUT2D eigenvalue weighted by atomic mass is 10.1. The van der Waals surface area contributed by atoms with Crippen molar-refractivity contribution in [1.29, 1.82) is 0 Å². The molecular weight excluding hydrogens is 240 g/mol. The van der Waals surface area contributed by atoms with E-state index >= 15 is 0 Å². The van der Waals surface area contributed by atoms with Crippen molar-refractivity contribution in [2.45, 2.75) is 38.6 Å². The minimum absolute atomic E-state index is 0.0972. The summed E-state index contributed by atoms with van der Waals surface area (Å²) in [4.78, 5) is 13.2. The van der Waals surface area contributed by atoms with Crippen molar-refractivity contribution in [1.82, 2.24) is 4.98 Å². The van der Waals surface area contributed by atoms with Crippen LogP contribution >= 0.6 is 0 Å². The molecule has 1 aromatic heterocycles. The van der Waals surface area contributed by atoms with Gasteiger partial charge in [0.05, 0.1) is 6.42 Å². The molecule has 4 heteroatoms. The van der Waals surface area contributed by atoms with Crippen LogP contribution in [0.1, 0.15) is 32.6 Å². The van der Waals surface area contributed by atoms with Crippen LogP contribution in [0.3, 0.4) is 0 Å². The molecule has 4 N–H and O–H groups in total. The van der Waals surface area contributed by atoms with Gasteiger partial charge in [0.15, 0.2) is 0 Å². The van der Waals surface area contributed by atoms with Gasteiger partial charge in [-0.2, -0.15) is 0 Å². The van der Waals surface area contributed by atoms with Gasteiger partial charge in [0.25, 0.3) is 0 Å². The number of aromatic amines is 1. The average Bonchev–Trinajstić information content (AvgIpc) is 2.84. The molecule has 2 aromatic rings. The molecule has 0 aliphatic rings. The maximum absolute atomic E-state index is 10.1. The Kier molecular flexibility index (Phi) is 6.68. The summed E-state index contributed by atoms with van der Waals surface area (Å²) < 4.78 is 0. The van der Waals surface area contributed by atoms with Gasteiger partial charge in [-0.15, -0.1) is 0 Å². The van der Waals surface area contributed by atoms with Crippen LogP contribution in [-0.2, 0) is 4.79 Å². The van der Waals surface area contributed by atoms with Crippen LogP contribution in [-0.4, -0.2) is 22.1 Å². The smallest absolute Gasteiger partial charge is 0.304 e. The summed E-state index contributed by atoms with van der Waals surface area (Å²) in [6.07, 6.45) is 4.97. The van der Waals surface area contributed by atoms with Crippen molar-refractivity contribution >= 4 is 16.9 Å². The Morgan fingerprint density at radius 1 is 1.37 bits per heavy atom. The number of carboxylic acid groups (broad SMARTS) is 1. The van der Waals surface area contributed by atoms with Crippen LogP contribution in [0.4, 0.5) is 0 Å². The zero-order valence-corrected chi connectivity index (χ0v) is 11.3. The first-order valence-electron chi connectivity index (χ1n) is 6.63. The predicted octanol–water partition coefficient (Wildman–Crippen LogP) is 3.15. The SMILES string of the molecule is CCCCC(N)CC(=O)O.c1ccc2[nH]ccc2c1. The number of rotatable bonds is 5. The van der Waals surface area contributed by atoms with Gasteiger partial charge < -0.3 is 15.8 Å². The highest BCUT2D eigenvalue weighted by atomic mass is 16.4. The van der Waals surface area contributed by atoms with Crippen LogP contribution in [0.15, 0.2) is 36.5 Å². The van der Waals surface area contributed by atoms with Crippen molar-refractivity contribution in [3.05, 3.63) is 36.5 Å². The highest BCUT2D eigenvalue weighted by Gasteiger charge is 2.05. The molecule has 0 spiro atoms. The van der Waals surface area contributed by atoms with E-state index in [0.29, 0.717) is 0 Å². The molecule has 0 radical (unpaired) electrons. The van der Waals surface area contributed by atoms with Crippen molar-refractivity contribution in [3.63, 3.8) is 0 Å². The average molecular weight is 262 g/mol. The Labute approximate surface area is 113 Å². The zero-order chi connectivity index (χ0) is 14.1. The molecule has 19 heavy (non-hydrogen) atoms. The molecule has 0 bridgehead atoms. The van der Waals surface area contributed by atoms with Gasteiger partial charge >= 0.3 is 5.97 Å². The molecule has 1 heterocycles. The van der Waals surface area contributed by atoms with Crippen LogP contribution < -0.4 is 5.73 Å². The highest BCUT2D eigenvalue weighted by molar-refractivity contribution is 5.78. The molecule has 1 aromatic carbocycles. The van der Waals surface area contributed by atoms with Gasteiger partial charge in [-0.1, -0.05) is 38.0 Å². The number of aliphatic carboxylic acids is 1. The van der Waals surface area contributed by atoms with E-state index in [1.165, 1.54) is 10.9 Å². The highest BCUT2D eigenvalue weighted by Crippen LogP contribution is 2.09. The number of carbonyl (C=O) groups is 1. The third kappa shape index (κ3) is 6.06. The summed E-state index contributed by atoms with van der Waals surface area (Å²) >= 11 is 0. The normalized spacial score (nSPS) is 11.7. The summed E-state index contributed by atoms with van der Waals surface area (Å²) in [5, 5.41) is 9.58. The minimum atomic E-state index is -0.802. The maximum Gasteiger partial charge on any atom is 0.304 e. The zero-order valence-electron chi connectivity index (χ0n) is 11.3. The van der Waals surface area contributed by atoms with Gasteiger partial charge in [-0.3, -0.25) is 4.79 Å². The number of carboxylic acids is 1. The van der Waals surface area contributed by atoms with Gasteiger partial charge in [0.1, 0.15) is 0 Å². The lowest BCUT2D eigenvalue weighted by Gasteiger charge is -2.05. The lowest BCUT2D eigenvalue weighted by Crippen LogP contribution is -2.23. The Hall–Kier alpha value is -1.81. The second-order valence-corrected chi connectivity index (χ2v) is 4.57. The Morgan fingerprint density at radius 3 is 2.74 bits per heavy atom. The first kappa shape index (κ1) is 15.2. The number of H-pyrrole nitrogens is 1. The van der Waals surface area contributed by atoms with Gasteiger partial charge in [-0.25, -0.2) is 0 Å². The number of fused-ring (bicyclic) bond motifs is 1. The molecule has 4 nitrogen and oxygen atoms in total. The molecule has 1 unspecified atom stereocenters. The Bertz CT molecular complexity index is 463. The number of hydrogen-bond acceptors (Lipinski definition) is 2. The minimum Gasteiger partial charge on any atom is -0.481 e. The number of nitrogens with one attached hydrogen (secondary N) is 1. The van der Waals surface area contributed by atoms with Crippen molar-refractivity contribution in [2.24, 2.45) is 5.73 Å². The Balaban J connectivity index is 0.000000190. The fraction of sp³-hybridized carbons (Fsp3) is 0.400. The second kappa shape index (κ2) is 8.32. The molecule has 0 aliphatic carbocycles. The van der Waals surface area contributed by atoms with E-state index in [4.69, 9.17) is 10.8 Å². The maximum atomic E-state index is 10.1. The summed E-state index contributed by atoms with van der Waals surface area (Å²) in [5.41, 5.74) is 6.69. The molecule has 0 saturated carbocycles. The molecule has 0 aliphatic heterocycles. The first-order valence-corrected chi connectivity index (χ1v) is 6.63. The van der Waals surface area contributed by atoms with E-state index in [9.17, 15) is 4.79 Å². The molecule has 2 rings (SSSR count). The van der Waals surface area contributed by atoms with Gasteiger partial charge in [0.2, 0.25) is 0 Å². The van der Waals surface area contributed by atoms with Crippen LogP contribution in [0, 0.1) is 0 Å². The topological polar surface area (TPSA) is 79.1 Å². The van der Waals surface area contributed by atoms with E-state index in [-0.39, 0.29) is 12.5 Å². The molecule has 104 valence electrons. The van der Waals surface area contributed by atoms with E-state index in [0.717, 1.165) is 19.3 Å². The van der Waals surface area contributed by atoms with Crippen molar-refractivity contribution < 1.29 is 9.90 Å². The number of para-hydroxylation sites is 1. The third-order valence-electron chi connectivity index (χ3n) is 2.83. The van der Waals surface area contributed by atoms with E-state index in [2.05, 4.69) is 30.1 Å². The summed E-state index contributed by atoms with van der Waals surface area (Å²) in [5.74, 6) is -0.802. The summed E-state index contributed by atoms with van der Waals surface area (Å²) in [7, 11) is 0. The molecule has 0 saturated heterocycles. The monoisotopic (exact) mass is 262 g/mol. The summed E-state index contributed by atoms with van der Waals surface area (Å²) in [6.45, 7) is 2.06. The molecular formula is C15H22N2O2. The number of nitrogens with two attached hydrogens (primary N) is 1. The van der Waals surface area contributed by atoms with Crippen molar-refractivity contribution in [3.8, 4) is 0 Å². The van der Waals surface area contributed by atoms with Crippen molar-refractivity contribution in [2.75, 3.05) is 0 Å². The van der Waals surface area contributed by atoms with Gasteiger partial charge in [0, 0.05) is 17.8 Å². The van der Waals surface area contributed by atoms with Crippen LogP contribution in [0.5, 0.6) is 0 Å². The van der Waals surface area contributed by atoms with E-state index < -0.39 is 5.97 Å². The largest absolute Gasteiger partial charge is 0.481 e. The lowest BCUT2D eigenvalue weighted by molar-refractivity contribution is -0.137. The van der Waals surface area contributed by atoms with E-state index in [1.807, 2.05) is 18.3 Å². The standard InChI is InChI=1S/C8H7N.C7H15NO2/c1-2-4-8-7(3-1)5-6-9-8;1-2-3-4-6(8)5-7(9)10/h1-6,9H;6H,2-5,8H2,1H3,(H,9,10). The quantitative estimate of drug-likeness (QED) is 0.774. The number of unbranched alkanes of at least 4 members (excludes halogenated alkanes) is 1. The summed E-state index contributed by atoms with van der Waals surface area (Å²) in [6, 6.07) is 10.1. The molecule has 1 atom stereocenters. The van der Waals surface area contributed by atoms with Crippen LogP contribution in [0.2, 0.25) is 0 Å². The van der Waals surface area contributed by atoms with Gasteiger partial charge in [-0.05, 0) is 23.9 Å². The first-order chi connectivity index (χ1) is 9.13. The predicted molar refractivity (Wildman–Crippen MR) is 78.1 cm³/mol. The number of aromatic nitrogens is 1. The van der Waals surface area contributed by atoms with E-state index in [1.54, 1.807) is 0 Å². The van der Waals surface area contributed by atoms with Crippen LogP contribution in [0.25, 0.3) is 10.9 Å². The molecule has 0 amide bonds. The molecule has 0 fully saturated rings. The number of benzene rings is 1. The third-order valence-corrected chi connectivity index (χ3v) is 2.83. The Morgan fingerprint density at radius 2 is 2.11 bits per heavy atom. The fourth-order valence-electron chi connectivity index (χ4n) is 1.79. The number of hydrogen-bond donors (Lipinski definition) is 3. The fourth-order valence-corrected chi connectivity index (χ4v) is 1.79. The second-order valence-electron chi connectivity index (χ2n) is 4.57.